The molecule has 16 heteroatoms. The van der Waals surface area contributed by atoms with E-state index in [0.717, 1.165) is 22.3 Å². The molecule has 0 radical (unpaired) electrons. The average molecular weight is 750 g/mol. The van der Waals surface area contributed by atoms with Gasteiger partial charge in [0.1, 0.15) is 22.7 Å². The van der Waals surface area contributed by atoms with Gasteiger partial charge < -0.3 is 21.7 Å². The van der Waals surface area contributed by atoms with E-state index >= 15 is 0 Å². The summed E-state index contributed by atoms with van der Waals surface area (Å²) in [6.07, 6.45) is 0. The first-order valence-electron chi connectivity index (χ1n) is 15.7. The predicted octanol–water partition coefficient (Wildman–Crippen LogP) is 7.39. The molecule has 0 fully saturated rings. The number of nitrogen functional groups attached to an aromatic ring is 2. The van der Waals surface area contributed by atoms with Gasteiger partial charge in [-0.1, -0.05) is 48.5 Å². The fourth-order valence-electron chi connectivity index (χ4n) is 5.08. The predicted molar refractivity (Wildman–Crippen MR) is 201 cm³/mol. The summed E-state index contributed by atoms with van der Waals surface area (Å²) in [5.74, 6) is -1.61. The van der Waals surface area contributed by atoms with Crippen LogP contribution in [0.2, 0.25) is 0 Å². The second kappa shape index (κ2) is 16.7. The number of hydrogen-bond donors (Lipinski definition) is 5. The molecule has 0 heterocycles. The van der Waals surface area contributed by atoms with Crippen LogP contribution in [-0.2, 0) is 10.1 Å². The van der Waals surface area contributed by atoms with E-state index in [2.05, 4.69) is 30.7 Å². The number of phenols is 1. The van der Waals surface area contributed by atoms with Crippen LogP contribution in [0.25, 0.3) is 22.3 Å². The number of benzene rings is 6. The van der Waals surface area contributed by atoms with E-state index in [1.54, 1.807) is 61.5 Å². The smallest absolute Gasteiger partial charge is 0.507 e. The van der Waals surface area contributed by atoms with E-state index in [9.17, 15) is 28.0 Å². The molecule has 6 rings (SSSR count). The molecule has 7 N–H and O–H groups in total. The molecule has 0 atom stereocenters. The Morgan fingerprint density at radius 1 is 0.574 bits per heavy atom. The third-order valence-electron chi connectivity index (χ3n) is 8.02. The van der Waals surface area contributed by atoms with Crippen molar-refractivity contribution in [3.8, 4) is 28.0 Å². The minimum absolute atomic E-state index is 0. The van der Waals surface area contributed by atoms with Crippen molar-refractivity contribution in [3.05, 3.63) is 132 Å². The summed E-state index contributed by atoms with van der Waals surface area (Å²) >= 11 is 0. The molecule has 0 unspecified atom stereocenters. The SMILES string of the molecule is Cc1cc(N=Nc2ccc(-c3ccc(N=Nc4ccc(O)c(C(=O)O)c4)cc3)cc2)c(N)c(N=Nc2ccc(-c3ccc(S(=O)(=O)O)cc3)cc2)c1N.[Na+]. The number of carboxylic acids is 1. The van der Waals surface area contributed by atoms with E-state index in [1.165, 1.54) is 30.3 Å². The second-order valence-electron chi connectivity index (χ2n) is 11.6. The third-order valence-corrected chi connectivity index (χ3v) is 8.88. The van der Waals surface area contributed by atoms with Gasteiger partial charge in [0, 0.05) is 0 Å². The molecule has 264 valence electrons. The van der Waals surface area contributed by atoms with Crippen LogP contribution >= 0.6 is 0 Å². The van der Waals surface area contributed by atoms with Crippen molar-refractivity contribution >= 4 is 61.6 Å². The van der Waals surface area contributed by atoms with Gasteiger partial charge in [0.15, 0.2) is 0 Å². The number of hydrogen-bond acceptors (Lipinski definition) is 12. The number of nitrogens with two attached hydrogens (primary N) is 2. The van der Waals surface area contributed by atoms with Crippen LogP contribution in [0.4, 0.5) is 45.5 Å². The van der Waals surface area contributed by atoms with E-state index in [1.807, 2.05) is 36.4 Å². The average Bonchev–Trinajstić information content (AvgIpc) is 3.15. The molecule has 0 saturated heterocycles. The van der Waals surface area contributed by atoms with Crippen LogP contribution in [0.3, 0.4) is 0 Å². The number of rotatable bonds is 10. The second-order valence-corrected chi connectivity index (χ2v) is 13.1. The summed E-state index contributed by atoms with van der Waals surface area (Å²) in [7, 11) is -4.28. The van der Waals surface area contributed by atoms with Gasteiger partial charge in [0.05, 0.1) is 39.0 Å². The van der Waals surface area contributed by atoms with Crippen molar-refractivity contribution in [2.75, 3.05) is 11.5 Å². The number of carboxylic acid groups (broad SMARTS) is 1. The Morgan fingerprint density at radius 3 is 1.44 bits per heavy atom. The normalized spacial score (nSPS) is 11.7. The number of aryl methyl sites for hydroxylation is 1. The van der Waals surface area contributed by atoms with Crippen LogP contribution in [0, 0.1) is 6.92 Å². The molecule has 0 aliphatic heterocycles. The first-order chi connectivity index (χ1) is 25.4. The molecule has 6 aromatic carbocycles. The Bertz CT molecular complexity index is 2530. The first kappa shape index (κ1) is 39.1. The molecule has 0 bridgehead atoms. The van der Waals surface area contributed by atoms with Crippen LogP contribution in [-0.4, -0.2) is 29.2 Å². The monoisotopic (exact) mass is 749 g/mol. The topological polar surface area (TPSA) is 238 Å². The Morgan fingerprint density at radius 2 is 0.981 bits per heavy atom. The molecular formula is C38H30N8NaO6S+. The first-order valence-corrected chi connectivity index (χ1v) is 17.2. The van der Waals surface area contributed by atoms with Crippen molar-refractivity contribution < 1.29 is 57.5 Å². The summed E-state index contributed by atoms with van der Waals surface area (Å²) in [5, 5.41) is 44.4. The van der Waals surface area contributed by atoms with Crippen molar-refractivity contribution in [1.29, 1.82) is 0 Å². The van der Waals surface area contributed by atoms with Gasteiger partial charge >= 0.3 is 35.5 Å². The summed E-state index contributed by atoms with van der Waals surface area (Å²) in [5.41, 5.74) is 19.7. The molecule has 0 spiro atoms. The van der Waals surface area contributed by atoms with Gasteiger partial charge in [-0.2, -0.15) is 28.9 Å². The Hall–Kier alpha value is -6.10. The van der Waals surface area contributed by atoms with Gasteiger partial charge in [-0.05, 0) is 108 Å². The largest absolute Gasteiger partial charge is 1.00 e. The van der Waals surface area contributed by atoms with Crippen LogP contribution in [0.15, 0.2) is 157 Å². The van der Waals surface area contributed by atoms with Gasteiger partial charge in [-0.15, -0.1) is 10.2 Å². The molecule has 14 nitrogen and oxygen atoms in total. The number of azo groups is 3. The summed E-state index contributed by atoms with van der Waals surface area (Å²) in [6, 6.07) is 33.3. The number of aromatic carboxylic acids is 1. The third kappa shape index (κ3) is 9.27. The zero-order chi connectivity index (χ0) is 37.7. The van der Waals surface area contributed by atoms with Crippen molar-refractivity contribution in [1.82, 2.24) is 0 Å². The number of aromatic hydroxyl groups is 1. The molecule has 0 aromatic heterocycles. The van der Waals surface area contributed by atoms with E-state index in [0.29, 0.717) is 39.7 Å². The number of carbonyl (C=O) groups is 1. The van der Waals surface area contributed by atoms with Gasteiger partial charge in [0.2, 0.25) is 0 Å². The molecular weight excluding hydrogens is 720 g/mol. The van der Waals surface area contributed by atoms with E-state index < -0.39 is 16.1 Å². The molecule has 0 aliphatic carbocycles. The van der Waals surface area contributed by atoms with Crippen LogP contribution in [0.5, 0.6) is 5.75 Å². The van der Waals surface area contributed by atoms with Crippen LogP contribution < -0.4 is 41.0 Å². The van der Waals surface area contributed by atoms with Gasteiger partial charge in [0.25, 0.3) is 10.1 Å². The molecule has 54 heavy (non-hydrogen) atoms. The van der Waals surface area contributed by atoms with Gasteiger partial charge in [-0.3, -0.25) is 4.55 Å². The number of anilines is 2. The maximum atomic E-state index is 11.3. The summed E-state index contributed by atoms with van der Waals surface area (Å²) in [4.78, 5) is 11.1. The van der Waals surface area contributed by atoms with E-state index in [4.69, 9.17) is 11.5 Å². The molecule has 0 amide bonds. The fraction of sp³-hybridized carbons (Fsp3) is 0.0263. The fourth-order valence-corrected chi connectivity index (χ4v) is 5.56. The number of nitrogens with zero attached hydrogens (tertiary/aromatic N) is 6. The minimum atomic E-state index is -4.28. The maximum Gasteiger partial charge on any atom is 1.00 e. The minimum Gasteiger partial charge on any atom is -0.507 e. The zero-order valence-electron chi connectivity index (χ0n) is 28.9. The Kier molecular flexibility index (Phi) is 12.1. The molecule has 6 aromatic rings. The van der Waals surface area contributed by atoms with Crippen LogP contribution in [0.1, 0.15) is 15.9 Å². The zero-order valence-corrected chi connectivity index (χ0v) is 31.7. The quantitative estimate of drug-likeness (QED) is 0.0408. The molecule has 0 saturated carbocycles. The standard InChI is InChI=1S/C38H30N8O6S.Na/c1-22-20-33(36(40)37(35(22)39)46-43-29-14-6-25(7-15-29)26-8-17-31(18-9-26)53(50,51)52)45-42-28-12-4-24(5-13-28)23-2-10-27(11-3-23)41-44-30-16-19-34(47)32(21-30)38(48)49;/h2-21,47H,39-40H2,1H3,(H,48,49)(H,50,51,52);/q;+1. The van der Waals surface area contributed by atoms with Crippen molar-refractivity contribution in [2.24, 2.45) is 30.7 Å². The van der Waals surface area contributed by atoms with Crippen molar-refractivity contribution in [2.45, 2.75) is 11.8 Å². The maximum absolute atomic E-state index is 11.3. The van der Waals surface area contributed by atoms with E-state index in [-0.39, 0.29) is 57.1 Å². The Balaban J connectivity index is 0.00000561. The summed E-state index contributed by atoms with van der Waals surface area (Å²) in [6.45, 7) is 1.80. The summed E-state index contributed by atoms with van der Waals surface area (Å²) < 4.78 is 31.8. The molecule has 0 aliphatic rings. The van der Waals surface area contributed by atoms with Gasteiger partial charge in [-0.25, -0.2) is 4.79 Å². The Labute approximate surface area is 331 Å². The van der Waals surface area contributed by atoms with Crippen molar-refractivity contribution in [3.63, 3.8) is 0 Å².